The Morgan fingerprint density at radius 1 is 1.39 bits per heavy atom. The molecule has 0 aliphatic carbocycles. The van der Waals surface area contributed by atoms with E-state index < -0.39 is 0 Å². The summed E-state index contributed by atoms with van der Waals surface area (Å²) < 4.78 is 5.49. The summed E-state index contributed by atoms with van der Waals surface area (Å²) >= 11 is 0. The molecule has 1 saturated heterocycles. The smallest absolute Gasteiger partial charge is 0.193 e. The maximum Gasteiger partial charge on any atom is 0.193 e. The summed E-state index contributed by atoms with van der Waals surface area (Å²) in [5, 5.41) is 3.57. The van der Waals surface area contributed by atoms with Gasteiger partial charge in [-0.3, -0.25) is 9.89 Å². The highest BCUT2D eigenvalue weighted by atomic mass is 16.5. The first kappa shape index (κ1) is 20.0. The molecule has 5 nitrogen and oxygen atoms in total. The minimum atomic E-state index is 0.539. The van der Waals surface area contributed by atoms with Crippen LogP contribution in [0.2, 0.25) is 0 Å². The number of allylic oxidation sites excluding steroid dienone is 1. The highest BCUT2D eigenvalue weighted by molar-refractivity contribution is 5.79. The van der Waals surface area contributed by atoms with E-state index in [4.69, 9.17) is 4.74 Å². The number of aliphatic imine (C=N–C) groups is 1. The number of hydrogen-bond donors (Lipinski definition) is 1. The molecule has 23 heavy (non-hydrogen) atoms. The van der Waals surface area contributed by atoms with Crippen LogP contribution in [0.1, 0.15) is 33.1 Å². The average Bonchev–Trinajstić information content (AvgIpc) is 2.55. The van der Waals surface area contributed by atoms with E-state index in [0.717, 1.165) is 58.2 Å². The third-order valence-corrected chi connectivity index (χ3v) is 4.28. The van der Waals surface area contributed by atoms with Crippen LogP contribution in [0, 0.1) is 5.92 Å². The van der Waals surface area contributed by atoms with E-state index >= 15 is 0 Å². The topological polar surface area (TPSA) is 40.1 Å². The lowest BCUT2D eigenvalue weighted by Crippen LogP contribution is -2.51. The highest BCUT2D eigenvalue weighted by Crippen LogP contribution is 2.13. The van der Waals surface area contributed by atoms with Crippen LogP contribution < -0.4 is 5.32 Å². The van der Waals surface area contributed by atoms with E-state index in [0.29, 0.717) is 12.0 Å². The molecule has 1 rings (SSSR count). The van der Waals surface area contributed by atoms with Crippen molar-refractivity contribution in [1.82, 2.24) is 15.1 Å². The van der Waals surface area contributed by atoms with Gasteiger partial charge in [-0.2, -0.15) is 0 Å². The molecular formula is C18H36N4O. The Morgan fingerprint density at radius 2 is 2.09 bits per heavy atom. The summed E-state index contributed by atoms with van der Waals surface area (Å²) in [6, 6.07) is 0.539. The first-order chi connectivity index (χ1) is 11.1. The zero-order valence-electron chi connectivity index (χ0n) is 15.6. The lowest BCUT2D eigenvalue weighted by molar-refractivity contribution is 0.0131. The molecule has 0 amide bonds. The largest absolute Gasteiger partial charge is 0.379 e. The van der Waals surface area contributed by atoms with Crippen LogP contribution in [0.4, 0.5) is 0 Å². The van der Waals surface area contributed by atoms with Gasteiger partial charge in [0.2, 0.25) is 0 Å². The second kappa shape index (κ2) is 11.5. The van der Waals surface area contributed by atoms with Crippen LogP contribution in [0.25, 0.3) is 0 Å². The highest BCUT2D eigenvalue weighted by Gasteiger charge is 2.22. The lowest BCUT2D eigenvalue weighted by Gasteiger charge is -2.36. The first-order valence-corrected chi connectivity index (χ1v) is 8.93. The molecule has 0 aromatic rings. The molecule has 0 spiro atoms. The Balaban J connectivity index is 2.51. The number of nitrogens with one attached hydrogen (secondary N) is 1. The van der Waals surface area contributed by atoms with Crippen molar-refractivity contribution in [3.8, 4) is 0 Å². The number of rotatable bonds is 9. The fraction of sp³-hybridized carbons (Fsp3) is 0.833. The van der Waals surface area contributed by atoms with Crippen molar-refractivity contribution < 1.29 is 4.74 Å². The fourth-order valence-corrected chi connectivity index (χ4v) is 3.02. The Bertz CT molecular complexity index is 351. The van der Waals surface area contributed by atoms with Gasteiger partial charge in [0.15, 0.2) is 5.96 Å². The van der Waals surface area contributed by atoms with E-state index in [1.165, 1.54) is 6.42 Å². The summed E-state index contributed by atoms with van der Waals surface area (Å²) in [5.41, 5.74) is 0. The average molecular weight is 325 g/mol. The molecule has 1 N–H and O–H groups in total. The van der Waals surface area contributed by atoms with E-state index in [-0.39, 0.29) is 0 Å². The minimum absolute atomic E-state index is 0.539. The maximum atomic E-state index is 5.49. The van der Waals surface area contributed by atoms with E-state index in [1.807, 2.05) is 13.1 Å². The zero-order chi connectivity index (χ0) is 17.1. The third-order valence-electron chi connectivity index (χ3n) is 4.28. The molecule has 0 saturated carbocycles. The number of ether oxygens (including phenoxy) is 1. The van der Waals surface area contributed by atoms with Crippen LogP contribution in [-0.4, -0.2) is 75.3 Å². The van der Waals surface area contributed by atoms with Gasteiger partial charge in [-0.05, 0) is 25.2 Å². The van der Waals surface area contributed by atoms with Crippen LogP contribution in [0.15, 0.2) is 17.6 Å². The Morgan fingerprint density at radius 3 is 2.65 bits per heavy atom. The van der Waals surface area contributed by atoms with Gasteiger partial charge in [0.1, 0.15) is 0 Å². The number of morpholine rings is 1. The van der Waals surface area contributed by atoms with E-state index in [9.17, 15) is 0 Å². The molecular weight excluding hydrogens is 288 g/mol. The van der Waals surface area contributed by atoms with Crippen molar-refractivity contribution in [2.75, 3.05) is 53.5 Å². The van der Waals surface area contributed by atoms with Gasteiger partial charge >= 0.3 is 0 Å². The maximum absolute atomic E-state index is 5.49. The Kier molecular flexibility index (Phi) is 9.96. The minimum Gasteiger partial charge on any atom is -0.379 e. The zero-order valence-corrected chi connectivity index (χ0v) is 15.6. The molecule has 5 heteroatoms. The van der Waals surface area contributed by atoms with Crippen molar-refractivity contribution in [1.29, 1.82) is 0 Å². The molecule has 1 heterocycles. The summed E-state index contributed by atoms with van der Waals surface area (Å²) in [7, 11) is 3.96. The number of hydrogen-bond acceptors (Lipinski definition) is 3. The Labute approximate surface area is 142 Å². The molecule has 0 radical (unpaired) electrons. The molecule has 134 valence electrons. The molecule has 1 unspecified atom stereocenters. The molecule has 0 aromatic heterocycles. The first-order valence-electron chi connectivity index (χ1n) is 8.93. The van der Waals surface area contributed by atoms with Gasteiger partial charge in [-0.25, -0.2) is 0 Å². The molecule has 1 aliphatic heterocycles. The van der Waals surface area contributed by atoms with E-state index in [2.05, 4.69) is 47.6 Å². The predicted octanol–water partition coefficient (Wildman–Crippen LogP) is 2.21. The number of nitrogens with zero attached hydrogens (tertiary/aromatic N) is 3. The summed E-state index contributed by atoms with van der Waals surface area (Å²) in [6.07, 6.45) is 5.33. The molecule has 1 atom stereocenters. The van der Waals surface area contributed by atoms with Crippen LogP contribution in [-0.2, 0) is 4.74 Å². The van der Waals surface area contributed by atoms with Gasteiger partial charge < -0.3 is 15.0 Å². The van der Waals surface area contributed by atoms with Gasteiger partial charge in [-0.15, -0.1) is 6.58 Å². The molecule has 0 aromatic carbocycles. The quantitative estimate of drug-likeness (QED) is 0.305. The number of unbranched alkanes of at least 4 members (excludes halogenated alkanes) is 1. The molecule has 1 aliphatic rings. The second-order valence-corrected chi connectivity index (χ2v) is 6.71. The van der Waals surface area contributed by atoms with Crippen LogP contribution in [0.5, 0.6) is 0 Å². The van der Waals surface area contributed by atoms with Gasteiger partial charge in [0.05, 0.1) is 13.2 Å². The van der Waals surface area contributed by atoms with Gasteiger partial charge in [0, 0.05) is 46.3 Å². The van der Waals surface area contributed by atoms with E-state index in [1.54, 1.807) is 0 Å². The van der Waals surface area contributed by atoms with Crippen molar-refractivity contribution in [3.63, 3.8) is 0 Å². The standard InChI is InChI=1S/C18H36N4O/c1-6-7-8-9-21(5)18(19-4)20-15-17(14-16(2)3)22-10-12-23-13-11-22/h6,16-17H,1,7-15H2,2-5H3,(H,19,20). The number of guanidine groups is 1. The summed E-state index contributed by atoms with van der Waals surface area (Å²) in [5.74, 6) is 1.67. The summed E-state index contributed by atoms with van der Waals surface area (Å²) in [4.78, 5) is 9.19. The van der Waals surface area contributed by atoms with Crippen molar-refractivity contribution >= 4 is 5.96 Å². The lowest BCUT2D eigenvalue weighted by atomic mass is 10.0. The van der Waals surface area contributed by atoms with Crippen molar-refractivity contribution in [2.24, 2.45) is 10.9 Å². The monoisotopic (exact) mass is 324 g/mol. The van der Waals surface area contributed by atoms with Crippen LogP contribution >= 0.6 is 0 Å². The predicted molar refractivity (Wildman–Crippen MR) is 99.1 cm³/mol. The molecule has 0 bridgehead atoms. The van der Waals surface area contributed by atoms with Gasteiger partial charge in [-0.1, -0.05) is 19.9 Å². The third kappa shape index (κ3) is 7.84. The fourth-order valence-electron chi connectivity index (χ4n) is 3.02. The van der Waals surface area contributed by atoms with Crippen molar-refractivity contribution in [3.05, 3.63) is 12.7 Å². The summed E-state index contributed by atoms with van der Waals surface area (Å²) in [6.45, 7) is 14.1. The Hall–Kier alpha value is -1.07. The van der Waals surface area contributed by atoms with Gasteiger partial charge in [0.25, 0.3) is 0 Å². The van der Waals surface area contributed by atoms with Crippen LogP contribution in [0.3, 0.4) is 0 Å². The SMILES string of the molecule is C=CCCCN(C)C(=NC)NCC(CC(C)C)N1CCOCC1. The normalized spacial score (nSPS) is 18.0. The second-order valence-electron chi connectivity index (χ2n) is 6.71. The van der Waals surface area contributed by atoms with Crippen molar-refractivity contribution in [2.45, 2.75) is 39.2 Å². The molecule has 1 fully saturated rings.